The second kappa shape index (κ2) is 30.2. The lowest BCUT2D eigenvalue weighted by atomic mass is 9.71. The van der Waals surface area contributed by atoms with E-state index in [-0.39, 0.29) is 29.5 Å². The molecule has 1 unspecified atom stereocenters. The number of carbonyl (C=O) groups excluding carboxylic acids is 1. The molecule has 1 heterocycles. The molecule has 0 radical (unpaired) electrons. The van der Waals surface area contributed by atoms with Crippen LogP contribution >= 0.6 is 0 Å². The van der Waals surface area contributed by atoms with Crippen molar-refractivity contribution in [2.45, 2.75) is 223 Å². The highest BCUT2D eigenvalue weighted by Crippen LogP contribution is 2.43. The lowest BCUT2D eigenvalue weighted by Gasteiger charge is -2.43. The largest absolute Gasteiger partial charge is 0.463 e. The Kier molecular flexibility index (Phi) is 26.1. The molecule has 1 aliphatic heterocycles. The molecule has 1 saturated heterocycles. The summed E-state index contributed by atoms with van der Waals surface area (Å²) >= 11 is 0. The molecule has 0 aromatic heterocycles. The fourth-order valence-corrected chi connectivity index (χ4v) is 9.69. The van der Waals surface area contributed by atoms with Crippen molar-refractivity contribution in [2.24, 2.45) is 16.7 Å². The lowest BCUT2D eigenvalue weighted by molar-refractivity contribution is -0.313. The van der Waals surface area contributed by atoms with Crippen molar-refractivity contribution in [3.63, 3.8) is 0 Å². The number of hydrogen-bond acceptors (Lipinski definition) is 7. The Morgan fingerprint density at radius 1 is 0.662 bits per heavy atom. The molecule has 0 bridgehead atoms. The summed E-state index contributed by atoms with van der Waals surface area (Å²) in [7, 11) is 0. The number of hydrogen-bond donors (Lipinski definition) is 3. The van der Waals surface area contributed by atoms with Crippen LogP contribution in [0.5, 0.6) is 0 Å². The summed E-state index contributed by atoms with van der Waals surface area (Å²) in [6.45, 7) is 26.3. The molecule has 0 saturated carbocycles. The molecule has 68 heavy (non-hydrogen) atoms. The predicted molar refractivity (Wildman–Crippen MR) is 285 cm³/mol. The molecule has 2 aliphatic carbocycles. The Morgan fingerprint density at radius 2 is 1.16 bits per heavy atom. The smallest absolute Gasteiger partial charge is 0.305 e. The van der Waals surface area contributed by atoms with Gasteiger partial charge in [0.2, 0.25) is 0 Å². The van der Waals surface area contributed by atoms with Crippen LogP contribution in [0.25, 0.3) is 0 Å². The molecule has 1 fully saturated rings. The molecule has 3 aliphatic rings. The normalized spacial score (nSPS) is 25.8. The molecule has 6 atom stereocenters. The number of esters is 1. The van der Waals surface area contributed by atoms with E-state index in [4.69, 9.17) is 14.2 Å². The zero-order valence-electron chi connectivity index (χ0n) is 44.6. The first-order valence-corrected chi connectivity index (χ1v) is 26.2. The van der Waals surface area contributed by atoms with Crippen LogP contribution in [0.3, 0.4) is 0 Å². The molecule has 3 rings (SSSR count). The number of carbonyl (C=O) groups is 1. The summed E-state index contributed by atoms with van der Waals surface area (Å²) in [5, 5.41) is 32.3. The van der Waals surface area contributed by atoms with Gasteiger partial charge in [0.15, 0.2) is 6.29 Å². The Bertz CT molecular complexity index is 1920. The van der Waals surface area contributed by atoms with Crippen molar-refractivity contribution in [3.8, 4) is 0 Å². The van der Waals surface area contributed by atoms with Gasteiger partial charge in [-0.3, -0.25) is 4.79 Å². The van der Waals surface area contributed by atoms with Crippen LogP contribution in [-0.4, -0.2) is 64.7 Å². The molecule has 7 heteroatoms. The molecular formula is C61H94O7. The highest BCUT2D eigenvalue weighted by atomic mass is 16.7. The van der Waals surface area contributed by atoms with Gasteiger partial charge in [-0.25, -0.2) is 0 Å². The second-order valence-electron chi connectivity index (χ2n) is 21.9. The number of aliphatic hydroxyl groups is 3. The van der Waals surface area contributed by atoms with Gasteiger partial charge in [-0.15, -0.1) is 0 Å². The van der Waals surface area contributed by atoms with Gasteiger partial charge < -0.3 is 29.5 Å². The molecule has 0 aromatic rings. The topological polar surface area (TPSA) is 105 Å². The summed E-state index contributed by atoms with van der Waals surface area (Å²) < 4.78 is 17.8. The molecule has 0 spiro atoms. The quantitative estimate of drug-likeness (QED) is 0.0451. The van der Waals surface area contributed by atoms with Gasteiger partial charge in [0.25, 0.3) is 0 Å². The van der Waals surface area contributed by atoms with Gasteiger partial charge in [-0.2, -0.15) is 0 Å². The van der Waals surface area contributed by atoms with Crippen LogP contribution in [0, 0.1) is 16.7 Å². The summed E-state index contributed by atoms with van der Waals surface area (Å²) in [5.41, 5.74) is 10.2. The van der Waals surface area contributed by atoms with E-state index in [2.05, 4.69) is 168 Å². The third-order valence-corrected chi connectivity index (χ3v) is 13.9. The molecule has 380 valence electrons. The zero-order valence-corrected chi connectivity index (χ0v) is 44.6. The Balaban J connectivity index is 1.44. The van der Waals surface area contributed by atoms with Crippen molar-refractivity contribution in [1.29, 1.82) is 0 Å². The third-order valence-electron chi connectivity index (χ3n) is 13.9. The highest BCUT2D eigenvalue weighted by Gasteiger charge is 2.46. The van der Waals surface area contributed by atoms with E-state index < -0.39 is 30.7 Å². The third kappa shape index (κ3) is 21.6. The van der Waals surface area contributed by atoms with E-state index in [1.807, 2.05) is 0 Å². The van der Waals surface area contributed by atoms with E-state index in [0.717, 1.165) is 36.3 Å². The Morgan fingerprint density at radius 3 is 1.69 bits per heavy atom. The fraction of sp³-hybridized carbons (Fsp3) is 0.623. The van der Waals surface area contributed by atoms with Crippen LogP contribution in [0.4, 0.5) is 0 Å². The summed E-state index contributed by atoms with van der Waals surface area (Å²) in [6.07, 6.45) is 40.4. The first-order chi connectivity index (χ1) is 32.2. The van der Waals surface area contributed by atoms with Crippen LogP contribution in [0.15, 0.2) is 130 Å². The van der Waals surface area contributed by atoms with Gasteiger partial charge in [-0.05, 0) is 108 Å². The van der Waals surface area contributed by atoms with Crippen molar-refractivity contribution in [1.82, 2.24) is 0 Å². The maximum Gasteiger partial charge on any atom is 0.305 e. The maximum atomic E-state index is 12.6. The number of unbranched alkanes of at least 4 members (excludes halogenated alkanes) is 8. The monoisotopic (exact) mass is 939 g/mol. The number of rotatable bonds is 26. The number of allylic oxidation sites excluding steroid dienone is 21. The summed E-state index contributed by atoms with van der Waals surface area (Å²) in [6, 6.07) is 0. The van der Waals surface area contributed by atoms with E-state index in [9.17, 15) is 20.1 Å². The van der Waals surface area contributed by atoms with E-state index >= 15 is 0 Å². The SMILES string of the molecule is CC1=C(/C=C/C(C)=C/C=C/C(C)=C/C=C/C=C(C)/C=C/C=C(C)/C=C/C2=C(C)C[C@@H](OC3O[C@H](COC(=O)CCCCCCCCCCCC(C)C)[C@@H](O)[C@H](O)[C@H]3O)CC2(C)C)C(C)(C)CCC1. The van der Waals surface area contributed by atoms with Crippen LogP contribution in [-0.2, 0) is 19.0 Å². The standard InChI is InChI=1S/C61H94O7/c1-44(2)27-20-18-16-14-13-15-17-19-21-35-55(62)66-43-54-56(63)57(64)58(65)59(68-54)67-51-41-50(8)53(61(11,12)42-51)39-37-48(6)33-25-31-46(4)29-23-22-28-45(3)30-24-32-47(5)36-38-52-49(7)34-26-40-60(52,9)10/h22-25,28-33,36-39,44,51,54,56-59,63-65H,13-21,26-27,34-35,40-43H2,1-12H3/b23-22+,30-24+,31-25+,38-36+,39-37+,45-28+,46-29+,47-32+,48-33+/t51-,54-,56-,57+,58-,59?/m1/s1. The number of ether oxygens (including phenoxy) is 3. The predicted octanol–water partition coefficient (Wildman–Crippen LogP) is 14.9. The molecular weight excluding hydrogens is 845 g/mol. The second-order valence-corrected chi connectivity index (χ2v) is 21.9. The van der Waals surface area contributed by atoms with Gasteiger partial charge >= 0.3 is 5.97 Å². The fourth-order valence-electron chi connectivity index (χ4n) is 9.69. The van der Waals surface area contributed by atoms with Gasteiger partial charge in [-0.1, -0.05) is 218 Å². The molecule has 7 nitrogen and oxygen atoms in total. The highest BCUT2D eigenvalue weighted by molar-refractivity contribution is 5.69. The minimum Gasteiger partial charge on any atom is -0.463 e. The minimum absolute atomic E-state index is 0.219. The van der Waals surface area contributed by atoms with Crippen LogP contribution in [0.1, 0.15) is 186 Å². The Labute approximate surface area is 414 Å². The molecule has 0 amide bonds. The lowest BCUT2D eigenvalue weighted by Crippen LogP contribution is -2.60. The summed E-state index contributed by atoms with van der Waals surface area (Å²) in [4.78, 5) is 12.6. The number of aliphatic hydroxyl groups excluding tert-OH is 3. The zero-order chi connectivity index (χ0) is 50.3. The molecule has 0 aromatic carbocycles. The average Bonchev–Trinajstić information content (AvgIpc) is 3.25. The maximum absolute atomic E-state index is 12.6. The van der Waals surface area contributed by atoms with E-state index in [1.54, 1.807) is 0 Å². The Hall–Kier alpha value is -3.59. The summed E-state index contributed by atoms with van der Waals surface area (Å²) in [5.74, 6) is 0.436. The van der Waals surface area contributed by atoms with Crippen molar-refractivity contribution in [2.75, 3.05) is 6.61 Å². The van der Waals surface area contributed by atoms with Gasteiger partial charge in [0.05, 0.1) is 6.10 Å². The van der Waals surface area contributed by atoms with Crippen LogP contribution < -0.4 is 0 Å². The minimum atomic E-state index is -1.49. The van der Waals surface area contributed by atoms with Crippen molar-refractivity contribution >= 4 is 5.97 Å². The first kappa shape index (κ1) is 58.7. The van der Waals surface area contributed by atoms with Crippen molar-refractivity contribution < 1.29 is 34.3 Å². The average molecular weight is 939 g/mol. The van der Waals surface area contributed by atoms with Crippen molar-refractivity contribution in [3.05, 3.63) is 130 Å². The van der Waals surface area contributed by atoms with Gasteiger partial charge in [0.1, 0.15) is 31.0 Å². The van der Waals surface area contributed by atoms with Gasteiger partial charge in [0, 0.05) is 6.42 Å². The van der Waals surface area contributed by atoms with Crippen LogP contribution in [0.2, 0.25) is 0 Å². The van der Waals surface area contributed by atoms with E-state index in [1.165, 1.54) is 97.6 Å². The van der Waals surface area contributed by atoms with E-state index in [0.29, 0.717) is 19.3 Å². The first-order valence-electron chi connectivity index (χ1n) is 26.2. The molecule has 3 N–H and O–H groups in total.